The molecule has 1 aliphatic carbocycles. The molecule has 0 unspecified atom stereocenters. The predicted molar refractivity (Wildman–Crippen MR) is 105 cm³/mol. The van der Waals surface area contributed by atoms with Gasteiger partial charge in [0.2, 0.25) is 12.3 Å². The Bertz CT molecular complexity index is 1180. The highest BCUT2D eigenvalue weighted by atomic mass is 19.1. The molecule has 5 rings (SSSR count). The molecule has 4 aromatic rings. The molecule has 0 bridgehead atoms. The number of halogens is 1. The molecule has 0 spiro atoms. The Morgan fingerprint density at radius 3 is 2.53 bits per heavy atom. The normalized spacial score (nSPS) is 13.1. The van der Waals surface area contributed by atoms with Gasteiger partial charge >= 0.3 is 5.97 Å². The van der Waals surface area contributed by atoms with Crippen LogP contribution in [0.3, 0.4) is 0 Å². The molecule has 30 heavy (non-hydrogen) atoms. The summed E-state index contributed by atoms with van der Waals surface area (Å²) in [7, 11) is 0. The van der Waals surface area contributed by atoms with Gasteiger partial charge in [-0.2, -0.15) is 5.10 Å². The standard InChI is InChI=1S/C22H17FN4O3/c23-15-7-9-16(10-8-15)27-19-4-2-1-3-18(19)20(26-27)22(28)30-17-11-5-14(6-12-17)21-25-24-13-29-21/h5-13H,1-4H2. The minimum Gasteiger partial charge on any atom is -0.423 e. The van der Waals surface area contributed by atoms with E-state index in [9.17, 15) is 9.18 Å². The lowest BCUT2D eigenvalue weighted by Crippen LogP contribution is -2.13. The molecule has 0 fully saturated rings. The monoisotopic (exact) mass is 404 g/mol. The number of hydrogen-bond acceptors (Lipinski definition) is 6. The Labute approximate surface area is 171 Å². The van der Waals surface area contributed by atoms with E-state index >= 15 is 0 Å². The molecule has 0 amide bonds. The Kier molecular flexibility index (Phi) is 4.59. The van der Waals surface area contributed by atoms with Gasteiger partial charge in [-0.15, -0.1) is 10.2 Å². The van der Waals surface area contributed by atoms with Gasteiger partial charge in [0.25, 0.3) is 0 Å². The van der Waals surface area contributed by atoms with Gasteiger partial charge in [-0.25, -0.2) is 13.9 Å². The van der Waals surface area contributed by atoms with Crippen molar-refractivity contribution in [3.63, 3.8) is 0 Å². The third kappa shape index (κ3) is 3.36. The Hall–Kier alpha value is -3.81. The van der Waals surface area contributed by atoms with Crippen LogP contribution in [-0.2, 0) is 12.8 Å². The van der Waals surface area contributed by atoms with Gasteiger partial charge in [0, 0.05) is 16.8 Å². The largest absolute Gasteiger partial charge is 0.423 e. The van der Waals surface area contributed by atoms with E-state index in [1.54, 1.807) is 41.1 Å². The summed E-state index contributed by atoms with van der Waals surface area (Å²) in [4.78, 5) is 12.9. The summed E-state index contributed by atoms with van der Waals surface area (Å²) in [5.74, 6) is -0.0490. The summed E-state index contributed by atoms with van der Waals surface area (Å²) in [5.41, 5.74) is 3.63. The SMILES string of the molecule is O=C(Oc1ccc(-c2nnco2)cc1)c1nn(-c2ccc(F)cc2)c2c1CCCC2. The number of fused-ring (bicyclic) bond motifs is 1. The van der Waals surface area contributed by atoms with Crippen LogP contribution < -0.4 is 4.74 Å². The molecule has 7 nitrogen and oxygen atoms in total. The van der Waals surface area contributed by atoms with Crippen LogP contribution in [0.1, 0.15) is 34.6 Å². The van der Waals surface area contributed by atoms with Crippen LogP contribution in [0, 0.1) is 5.82 Å². The van der Waals surface area contributed by atoms with Crippen molar-refractivity contribution in [2.45, 2.75) is 25.7 Å². The molecule has 1 aliphatic rings. The van der Waals surface area contributed by atoms with Crippen LogP contribution in [0.15, 0.2) is 59.3 Å². The first-order valence-corrected chi connectivity index (χ1v) is 9.64. The van der Waals surface area contributed by atoms with Gasteiger partial charge in [-0.05, 0) is 74.2 Å². The summed E-state index contributed by atoms with van der Waals surface area (Å²) >= 11 is 0. The zero-order chi connectivity index (χ0) is 20.5. The average molecular weight is 404 g/mol. The molecule has 150 valence electrons. The summed E-state index contributed by atoms with van der Waals surface area (Å²) in [5, 5.41) is 12.0. The molecule has 0 atom stereocenters. The van der Waals surface area contributed by atoms with E-state index in [4.69, 9.17) is 9.15 Å². The van der Waals surface area contributed by atoms with Crippen molar-refractivity contribution in [2.24, 2.45) is 0 Å². The number of hydrogen-bond donors (Lipinski definition) is 0. The van der Waals surface area contributed by atoms with Crippen LogP contribution in [0.25, 0.3) is 17.1 Å². The molecule has 2 heterocycles. The molecule has 2 aromatic heterocycles. The van der Waals surface area contributed by atoms with Gasteiger partial charge in [0.15, 0.2) is 5.69 Å². The molecule has 0 radical (unpaired) electrons. The van der Waals surface area contributed by atoms with Gasteiger partial charge in [0.05, 0.1) is 5.69 Å². The van der Waals surface area contributed by atoms with E-state index in [2.05, 4.69) is 15.3 Å². The Morgan fingerprint density at radius 1 is 1.03 bits per heavy atom. The van der Waals surface area contributed by atoms with E-state index < -0.39 is 5.97 Å². The lowest BCUT2D eigenvalue weighted by atomic mass is 9.95. The second-order valence-electron chi connectivity index (χ2n) is 7.03. The second-order valence-corrected chi connectivity index (χ2v) is 7.03. The van der Waals surface area contributed by atoms with Gasteiger partial charge < -0.3 is 9.15 Å². The summed E-state index contributed by atoms with van der Waals surface area (Å²) in [6, 6.07) is 12.9. The smallest absolute Gasteiger partial charge is 0.364 e. The third-order valence-corrected chi connectivity index (χ3v) is 5.12. The van der Waals surface area contributed by atoms with Crippen molar-refractivity contribution in [3.05, 3.63) is 77.7 Å². The van der Waals surface area contributed by atoms with E-state index in [0.717, 1.165) is 48.2 Å². The molecular formula is C22H17FN4O3. The molecule has 0 aliphatic heterocycles. The number of esters is 1. The van der Waals surface area contributed by atoms with E-state index in [-0.39, 0.29) is 5.82 Å². The number of rotatable bonds is 4. The second kappa shape index (κ2) is 7.55. The van der Waals surface area contributed by atoms with Crippen LogP contribution >= 0.6 is 0 Å². The minimum absolute atomic E-state index is 0.301. The fraction of sp³-hybridized carbons (Fsp3) is 0.182. The number of nitrogens with zero attached hydrogens (tertiary/aromatic N) is 4. The number of carbonyl (C=O) groups excluding carboxylic acids is 1. The quantitative estimate of drug-likeness (QED) is 0.375. The van der Waals surface area contributed by atoms with Crippen molar-refractivity contribution in [1.29, 1.82) is 0 Å². The van der Waals surface area contributed by atoms with Crippen LogP contribution in [-0.4, -0.2) is 25.9 Å². The van der Waals surface area contributed by atoms with Crippen molar-refractivity contribution >= 4 is 5.97 Å². The average Bonchev–Trinajstić information content (AvgIpc) is 3.43. The number of carbonyl (C=O) groups is 1. The molecule has 0 N–H and O–H groups in total. The zero-order valence-corrected chi connectivity index (χ0v) is 15.9. The highest BCUT2D eigenvalue weighted by Gasteiger charge is 2.27. The molecular weight excluding hydrogens is 387 g/mol. The zero-order valence-electron chi connectivity index (χ0n) is 15.9. The number of benzene rings is 2. The Morgan fingerprint density at radius 2 is 1.80 bits per heavy atom. The summed E-state index contributed by atoms with van der Waals surface area (Å²) in [6.45, 7) is 0. The minimum atomic E-state index is -0.514. The fourth-order valence-electron chi connectivity index (χ4n) is 3.68. The van der Waals surface area contributed by atoms with Crippen molar-refractivity contribution in [2.75, 3.05) is 0 Å². The summed E-state index contributed by atoms with van der Waals surface area (Å²) < 4.78 is 25.8. The Balaban J connectivity index is 1.43. The van der Waals surface area contributed by atoms with Gasteiger partial charge in [-0.1, -0.05) is 0 Å². The highest BCUT2D eigenvalue weighted by Crippen LogP contribution is 2.28. The fourth-order valence-corrected chi connectivity index (χ4v) is 3.68. The van der Waals surface area contributed by atoms with Crippen LogP contribution in [0.2, 0.25) is 0 Å². The van der Waals surface area contributed by atoms with Gasteiger partial charge in [-0.3, -0.25) is 0 Å². The van der Waals surface area contributed by atoms with Gasteiger partial charge in [0.1, 0.15) is 11.6 Å². The lowest BCUT2D eigenvalue weighted by molar-refractivity contribution is 0.0727. The molecule has 8 heteroatoms. The maximum atomic E-state index is 13.3. The molecule has 2 aromatic carbocycles. The maximum Gasteiger partial charge on any atom is 0.364 e. The first-order valence-electron chi connectivity index (χ1n) is 9.64. The van der Waals surface area contributed by atoms with Crippen LogP contribution in [0.5, 0.6) is 5.75 Å². The molecule has 0 saturated carbocycles. The summed E-state index contributed by atoms with van der Waals surface area (Å²) in [6.07, 6.45) is 4.83. The topological polar surface area (TPSA) is 83.0 Å². The van der Waals surface area contributed by atoms with Crippen LogP contribution in [0.4, 0.5) is 4.39 Å². The first-order chi connectivity index (χ1) is 14.7. The molecule has 0 saturated heterocycles. The number of aromatic nitrogens is 4. The predicted octanol–water partition coefficient (Wildman–Crippen LogP) is 4.16. The van der Waals surface area contributed by atoms with Crippen molar-refractivity contribution in [1.82, 2.24) is 20.0 Å². The highest BCUT2D eigenvalue weighted by molar-refractivity contribution is 5.91. The third-order valence-electron chi connectivity index (χ3n) is 5.12. The number of ether oxygens (including phenoxy) is 1. The maximum absolute atomic E-state index is 13.3. The first kappa shape index (κ1) is 18.2. The lowest BCUT2D eigenvalue weighted by Gasteiger charge is -2.14. The van der Waals surface area contributed by atoms with Crippen molar-refractivity contribution in [3.8, 4) is 22.9 Å². The van der Waals surface area contributed by atoms with E-state index in [1.807, 2.05) is 0 Å². The van der Waals surface area contributed by atoms with E-state index in [0.29, 0.717) is 17.3 Å². The van der Waals surface area contributed by atoms with E-state index in [1.165, 1.54) is 18.5 Å². The van der Waals surface area contributed by atoms with Crippen molar-refractivity contribution < 1.29 is 18.3 Å².